The molecule has 0 unspecified atom stereocenters. The maximum atomic E-state index is 12.9. The van der Waals surface area contributed by atoms with Gasteiger partial charge in [-0.3, -0.25) is 4.98 Å². The molecular weight excluding hydrogens is 231 g/mol. The van der Waals surface area contributed by atoms with Crippen molar-refractivity contribution in [2.75, 3.05) is 18.5 Å². The Balaban J connectivity index is 1.78. The molecule has 1 aromatic heterocycles. The van der Waals surface area contributed by atoms with E-state index in [1.807, 2.05) is 25.1 Å². The minimum Gasteiger partial charge on any atom is -0.490 e. The number of rotatable bonds is 5. The number of hydrogen-bond acceptors (Lipinski definition) is 3. The lowest BCUT2D eigenvalue weighted by molar-refractivity contribution is 0.329. The summed E-state index contributed by atoms with van der Waals surface area (Å²) in [4.78, 5) is 4.13. The molecule has 0 saturated heterocycles. The van der Waals surface area contributed by atoms with Gasteiger partial charge in [0, 0.05) is 18.4 Å². The minimum absolute atomic E-state index is 0.246. The molecule has 2 rings (SSSR count). The molecule has 18 heavy (non-hydrogen) atoms. The zero-order chi connectivity index (χ0) is 12.8. The van der Waals surface area contributed by atoms with Crippen molar-refractivity contribution < 1.29 is 9.13 Å². The van der Waals surface area contributed by atoms with Gasteiger partial charge in [0.1, 0.15) is 18.2 Å². The summed E-state index contributed by atoms with van der Waals surface area (Å²) in [6.07, 6.45) is 1.73. The third-order valence-corrected chi connectivity index (χ3v) is 2.47. The number of hydrogen-bond donors (Lipinski definition) is 1. The summed E-state index contributed by atoms with van der Waals surface area (Å²) in [7, 11) is 0. The molecule has 1 N–H and O–H groups in total. The van der Waals surface area contributed by atoms with Crippen LogP contribution in [0.5, 0.6) is 5.75 Å². The van der Waals surface area contributed by atoms with Crippen molar-refractivity contribution in [3.8, 4) is 5.75 Å². The van der Waals surface area contributed by atoms with Crippen LogP contribution in [0.2, 0.25) is 0 Å². The molecule has 4 heteroatoms. The normalized spacial score (nSPS) is 10.1. The van der Waals surface area contributed by atoms with E-state index in [0.717, 1.165) is 17.1 Å². The number of benzene rings is 1. The Morgan fingerprint density at radius 2 is 2.17 bits per heavy atom. The molecule has 3 nitrogen and oxygen atoms in total. The van der Waals surface area contributed by atoms with Crippen molar-refractivity contribution in [1.82, 2.24) is 4.98 Å². The van der Waals surface area contributed by atoms with Gasteiger partial charge in [0.2, 0.25) is 0 Å². The smallest absolute Gasteiger partial charge is 0.140 e. The molecule has 0 radical (unpaired) electrons. The first kappa shape index (κ1) is 12.4. The number of aryl methyl sites for hydroxylation is 1. The average molecular weight is 246 g/mol. The molecule has 0 fully saturated rings. The van der Waals surface area contributed by atoms with E-state index in [1.54, 1.807) is 12.3 Å². The summed E-state index contributed by atoms with van der Waals surface area (Å²) < 4.78 is 18.5. The molecular formula is C14H15FN2O. The van der Waals surface area contributed by atoms with E-state index in [0.29, 0.717) is 13.2 Å². The first-order valence-corrected chi connectivity index (χ1v) is 5.79. The van der Waals surface area contributed by atoms with Crippen molar-refractivity contribution in [3.05, 3.63) is 54.1 Å². The van der Waals surface area contributed by atoms with E-state index < -0.39 is 0 Å². The molecule has 0 atom stereocenters. The highest BCUT2D eigenvalue weighted by atomic mass is 19.1. The third kappa shape index (κ3) is 3.45. The van der Waals surface area contributed by atoms with Crippen LogP contribution in [0, 0.1) is 12.7 Å². The van der Waals surface area contributed by atoms with Crippen LogP contribution in [0.25, 0.3) is 0 Å². The van der Waals surface area contributed by atoms with Gasteiger partial charge in [-0.25, -0.2) is 4.39 Å². The van der Waals surface area contributed by atoms with Crippen LogP contribution in [-0.2, 0) is 0 Å². The fourth-order valence-corrected chi connectivity index (χ4v) is 1.58. The molecule has 0 spiro atoms. The fourth-order valence-electron chi connectivity index (χ4n) is 1.58. The van der Waals surface area contributed by atoms with Crippen molar-refractivity contribution in [1.29, 1.82) is 0 Å². The number of halogens is 1. The molecule has 2 aromatic rings. The average Bonchev–Trinajstić information content (AvgIpc) is 2.37. The Labute approximate surface area is 106 Å². The van der Waals surface area contributed by atoms with Crippen molar-refractivity contribution in [2.45, 2.75) is 6.92 Å². The van der Waals surface area contributed by atoms with Gasteiger partial charge in [0.15, 0.2) is 0 Å². The van der Waals surface area contributed by atoms with Gasteiger partial charge >= 0.3 is 0 Å². The highest BCUT2D eigenvalue weighted by Gasteiger charge is 1.98. The molecule has 1 aromatic carbocycles. The first-order valence-electron chi connectivity index (χ1n) is 5.79. The second kappa shape index (κ2) is 6.00. The fraction of sp³-hybridized carbons (Fsp3) is 0.214. The zero-order valence-corrected chi connectivity index (χ0v) is 10.2. The molecule has 0 amide bonds. The van der Waals surface area contributed by atoms with E-state index in [4.69, 9.17) is 4.74 Å². The molecule has 0 aliphatic rings. The lowest BCUT2D eigenvalue weighted by atomic mass is 10.3. The topological polar surface area (TPSA) is 34.1 Å². The van der Waals surface area contributed by atoms with E-state index in [9.17, 15) is 4.39 Å². The second-order valence-corrected chi connectivity index (χ2v) is 3.87. The number of ether oxygens (including phenoxy) is 1. The third-order valence-electron chi connectivity index (χ3n) is 2.47. The summed E-state index contributed by atoms with van der Waals surface area (Å²) in [5.74, 6) is 0.530. The van der Waals surface area contributed by atoms with Crippen LogP contribution in [0.4, 0.5) is 10.1 Å². The Bertz CT molecular complexity index is 517. The number of anilines is 1. The van der Waals surface area contributed by atoms with Crippen LogP contribution in [0.3, 0.4) is 0 Å². The van der Waals surface area contributed by atoms with E-state index in [-0.39, 0.29) is 5.82 Å². The molecule has 0 saturated carbocycles. The summed E-state index contributed by atoms with van der Waals surface area (Å²) >= 11 is 0. The quantitative estimate of drug-likeness (QED) is 0.823. The van der Waals surface area contributed by atoms with Gasteiger partial charge in [-0.1, -0.05) is 6.07 Å². The predicted molar refractivity (Wildman–Crippen MR) is 69.4 cm³/mol. The lowest BCUT2D eigenvalue weighted by Gasteiger charge is -2.09. The van der Waals surface area contributed by atoms with Gasteiger partial charge in [0.05, 0.1) is 5.69 Å². The van der Waals surface area contributed by atoms with Crippen LogP contribution in [-0.4, -0.2) is 18.1 Å². The molecule has 0 aliphatic carbocycles. The van der Waals surface area contributed by atoms with E-state index in [2.05, 4.69) is 10.3 Å². The van der Waals surface area contributed by atoms with Gasteiger partial charge in [-0.15, -0.1) is 0 Å². The SMILES string of the molecule is Cc1ncccc1OCCNc1cccc(F)c1. The maximum absolute atomic E-state index is 12.9. The van der Waals surface area contributed by atoms with Crippen molar-refractivity contribution >= 4 is 5.69 Å². The van der Waals surface area contributed by atoms with Gasteiger partial charge in [-0.05, 0) is 37.3 Å². The van der Waals surface area contributed by atoms with Crippen LogP contribution in [0.15, 0.2) is 42.6 Å². The Morgan fingerprint density at radius 1 is 1.28 bits per heavy atom. The Hall–Kier alpha value is -2.10. The number of nitrogens with one attached hydrogen (secondary N) is 1. The van der Waals surface area contributed by atoms with Gasteiger partial charge in [0.25, 0.3) is 0 Å². The second-order valence-electron chi connectivity index (χ2n) is 3.87. The number of aromatic nitrogens is 1. The Morgan fingerprint density at radius 3 is 2.94 bits per heavy atom. The highest BCUT2D eigenvalue weighted by molar-refractivity contribution is 5.42. The van der Waals surface area contributed by atoms with Gasteiger partial charge in [-0.2, -0.15) is 0 Å². The highest BCUT2D eigenvalue weighted by Crippen LogP contribution is 2.13. The number of pyridine rings is 1. The molecule has 1 heterocycles. The zero-order valence-electron chi connectivity index (χ0n) is 10.2. The van der Waals surface area contributed by atoms with Crippen molar-refractivity contribution in [3.63, 3.8) is 0 Å². The standard InChI is InChI=1S/C14H15FN2O/c1-11-14(6-3-7-16-11)18-9-8-17-13-5-2-4-12(15)10-13/h2-7,10,17H,8-9H2,1H3. The van der Waals surface area contributed by atoms with E-state index in [1.165, 1.54) is 12.1 Å². The molecule has 94 valence electrons. The Kier molecular flexibility index (Phi) is 4.12. The minimum atomic E-state index is -0.246. The molecule has 0 bridgehead atoms. The van der Waals surface area contributed by atoms with Crippen LogP contribution < -0.4 is 10.1 Å². The first-order chi connectivity index (χ1) is 8.75. The number of nitrogens with zero attached hydrogens (tertiary/aromatic N) is 1. The summed E-state index contributed by atoms with van der Waals surface area (Å²) in [5.41, 5.74) is 1.62. The largest absolute Gasteiger partial charge is 0.490 e. The summed E-state index contributed by atoms with van der Waals surface area (Å²) in [5, 5.41) is 3.09. The summed E-state index contributed by atoms with van der Waals surface area (Å²) in [6, 6.07) is 10.1. The summed E-state index contributed by atoms with van der Waals surface area (Å²) in [6.45, 7) is 3.01. The van der Waals surface area contributed by atoms with Crippen LogP contribution in [0.1, 0.15) is 5.69 Å². The van der Waals surface area contributed by atoms with Crippen molar-refractivity contribution in [2.24, 2.45) is 0 Å². The predicted octanol–water partition coefficient (Wildman–Crippen LogP) is 3.02. The van der Waals surface area contributed by atoms with E-state index >= 15 is 0 Å². The van der Waals surface area contributed by atoms with Gasteiger partial charge < -0.3 is 10.1 Å². The monoisotopic (exact) mass is 246 g/mol. The lowest BCUT2D eigenvalue weighted by Crippen LogP contribution is -2.12. The maximum Gasteiger partial charge on any atom is 0.140 e. The molecule has 0 aliphatic heterocycles. The van der Waals surface area contributed by atoms with Crippen LogP contribution >= 0.6 is 0 Å².